The zero-order valence-corrected chi connectivity index (χ0v) is 9.44. The van der Waals surface area contributed by atoms with Gasteiger partial charge in [-0.2, -0.15) is 0 Å². The summed E-state index contributed by atoms with van der Waals surface area (Å²) in [4.78, 5) is 11.3. The van der Waals surface area contributed by atoms with E-state index in [4.69, 9.17) is 0 Å². The fourth-order valence-corrected chi connectivity index (χ4v) is 2.16. The van der Waals surface area contributed by atoms with Crippen LogP contribution in [0.1, 0.15) is 12.0 Å². The number of nitrogens with one attached hydrogen (secondary N) is 2. The number of carbonyl (C=O) groups is 1. The lowest BCUT2D eigenvalue weighted by atomic mass is 10.1. The summed E-state index contributed by atoms with van der Waals surface area (Å²) >= 11 is 3.41. The minimum absolute atomic E-state index is 0.0637. The Bertz CT molecular complexity index is 390. The van der Waals surface area contributed by atoms with Gasteiger partial charge in [0, 0.05) is 17.4 Å². The average molecular weight is 255 g/mol. The zero-order valence-electron chi connectivity index (χ0n) is 7.86. The second-order valence-electron chi connectivity index (χ2n) is 3.37. The first-order chi connectivity index (χ1) is 6.66. The van der Waals surface area contributed by atoms with Crippen LogP contribution in [-0.4, -0.2) is 12.5 Å². The van der Waals surface area contributed by atoms with Crippen molar-refractivity contribution in [3.05, 3.63) is 22.2 Å². The van der Waals surface area contributed by atoms with Crippen LogP contribution in [0.3, 0.4) is 0 Å². The maximum Gasteiger partial charge on any atom is 0.226 e. The predicted octanol–water partition coefficient (Wildman–Crippen LogP) is 2.51. The molecule has 1 aliphatic rings. The lowest BCUT2D eigenvalue weighted by Crippen LogP contribution is -2.10. The number of hydrogen-bond donors (Lipinski definition) is 2. The van der Waals surface area contributed by atoms with Gasteiger partial charge in [-0.05, 0) is 24.6 Å². The van der Waals surface area contributed by atoms with Crippen molar-refractivity contribution >= 4 is 33.2 Å². The third-order valence-electron chi connectivity index (χ3n) is 2.23. The Hall–Kier alpha value is -1.03. The van der Waals surface area contributed by atoms with Gasteiger partial charge < -0.3 is 10.6 Å². The molecule has 3 nitrogen and oxygen atoms in total. The van der Waals surface area contributed by atoms with E-state index in [2.05, 4.69) is 26.6 Å². The van der Waals surface area contributed by atoms with Crippen molar-refractivity contribution in [3.63, 3.8) is 0 Å². The highest BCUT2D eigenvalue weighted by Crippen LogP contribution is 2.31. The maximum atomic E-state index is 11.3. The molecule has 14 heavy (non-hydrogen) atoms. The lowest BCUT2D eigenvalue weighted by molar-refractivity contribution is -0.115. The summed E-state index contributed by atoms with van der Waals surface area (Å²) in [5.41, 5.74) is 3.02. The normalized spacial score (nSPS) is 15.1. The molecule has 4 heteroatoms. The topological polar surface area (TPSA) is 41.1 Å². The summed E-state index contributed by atoms with van der Waals surface area (Å²) < 4.78 is 0.984. The van der Waals surface area contributed by atoms with E-state index < -0.39 is 0 Å². The minimum atomic E-state index is 0.0637. The lowest BCUT2D eigenvalue weighted by Gasteiger charge is -2.11. The van der Waals surface area contributed by atoms with Crippen LogP contribution in [0, 0.1) is 6.92 Å². The van der Waals surface area contributed by atoms with Crippen LogP contribution in [0.2, 0.25) is 0 Å². The van der Waals surface area contributed by atoms with E-state index >= 15 is 0 Å². The smallest absolute Gasteiger partial charge is 0.226 e. The van der Waals surface area contributed by atoms with E-state index in [0.29, 0.717) is 13.0 Å². The van der Waals surface area contributed by atoms with Crippen molar-refractivity contribution in [1.29, 1.82) is 0 Å². The van der Waals surface area contributed by atoms with Crippen LogP contribution in [-0.2, 0) is 4.79 Å². The summed E-state index contributed by atoms with van der Waals surface area (Å²) in [5, 5.41) is 6.12. The predicted molar refractivity (Wildman–Crippen MR) is 60.6 cm³/mol. The van der Waals surface area contributed by atoms with Crippen LogP contribution in [0.25, 0.3) is 0 Å². The zero-order chi connectivity index (χ0) is 10.1. The van der Waals surface area contributed by atoms with Gasteiger partial charge in [-0.3, -0.25) is 4.79 Å². The number of aryl methyl sites for hydroxylation is 1. The molecule has 1 aromatic carbocycles. The second-order valence-corrected chi connectivity index (χ2v) is 4.29. The summed E-state index contributed by atoms with van der Waals surface area (Å²) in [6.45, 7) is 2.72. The van der Waals surface area contributed by atoms with Gasteiger partial charge in [0.25, 0.3) is 0 Å². The molecule has 0 fully saturated rings. The molecule has 2 N–H and O–H groups in total. The molecule has 0 radical (unpaired) electrons. The van der Waals surface area contributed by atoms with Crippen LogP contribution < -0.4 is 10.6 Å². The summed E-state index contributed by atoms with van der Waals surface area (Å²) in [5.74, 6) is 0.0637. The first-order valence-electron chi connectivity index (χ1n) is 4.50. The largest absolute Gasteiger partial charge is 0.383 e. The number of hydrogen-bond acceptors (Lipinski definition) is 2. The van der Waals surface area contributed by atoms with Gasteiger partial charge in [0.1, 0.15) is 0 Å². The number of fused-ring (bicyclic) bond motifs is 1. The fraction of sp³-hybridized carbons (Fsp3) is 0.300. The Morgan fingerprint density at radius 1 is 1.43 bits per heavy atom. The van der Waals surface area contributed by atoms with Crippen molar-refractivity contribution in [2.24, 2.45) is 0 Å². The first kappa shape index (κ1) is 9.52. The number of rotatable bonds is 0. The van der Waals surface area contributed by atoms with Gasteiger partial charge in [0.2, 0.25) is 5.91 Å². The van der Waals surface area contributed by atoms with Gasteiger partial charge in [-0.15, -0.1) is 0 Å². The van der Waals surface area contributed by atoms with Gasteiger partial charge in [0.05, 0.1) is 11.4 Å². The Morgan fingerprint density at radius 3 is 3.00 bits per heavy atom. The molecule has 0 bridgehead atoms. The van der Waals surface area contributed by atoms with Crippen LogP contribution in [0.4, 0.5) is 11.4 Å². The van der Waals surface area contributed by atoms with Crippen LogP contribution in [0.15, 0.2) is 16.6 Å². The monoisotopic (exact) mass is 254 g/mol. The highest BCUT2D eigenvalue weighted by Gasteiger charge is 2.14. The minimum Gasteiger partial charge on any atom is -0.383 e. The number of amides is 1. The second kappa shape index (κ2) is 3.61. The molecule has 0 atom stereocenters. The highest BCUT2D eigenvalue weighted by molar-refractivity contribution is 9.10. The number of benzene rings is 1. The van der Waals surface area contributed by atoms with E-state index in [9.17, 15) is 4.79 Å². The molecule has 2 rings (SSSR count). The Morgan fingerprint density at radius 2 is 2.21 bits per heavy atom. The van der Waals surface area contributed by atoms with Gasteiger partial charge >= 0.3 is 0 Å². The Balaban J connectivity index is 2.50. The number of halogens is 1. The Kier molecular flexibility index (Phi) is 2.46. The molecule has 1 aliphatic heterocycles. The van der Waals surface area contributed by atoms with Crippen molar-refractivity contribution in [3.8, 4) is 0 Å². The van der Waals surface area contributed by atoms with E-state index in [0.717, 1.165) is 21.4 Å². The standard InChI is InChI=1S/C10H11BrN2O/c1-6-4-7(11)5-8-10(6)12-3-2-9(14)13-8/h4-5,12H,2-3H2,1H3,(H,13,14). The van der Waals surface area contributed by atoms with Crippen LogP contribution in [0.5, 0.6) is 0 Å². The summed E-state index contributed by atoms with van der Waals surface area (Å²) in [6, 6.07) is 3.95. The number of carbonyl (C=O) groups excluding carboxylic acids is 1. The molecule has 1 aromatic rings. The molecule has 1 amide bonds. The molecule has 1 heterocycles. The highest BCUT2D eigenvalue weighted by atomic mass is 79.9. The molecule has 0 aromatic heterocycles. The summed E-state index contributed by atoms with van der Waals surface area (Å²) in [6.07, 6.45) is 0.520. The Labute approximate surface area is 91.0 Å². The maximum absolute atomic E-state index is 11.3. The van der Waals surface area contributed by atoms with Crippen molar-refractivity contribution in [2.75, 3.05) is 17.2 Å². The van der Waals surface area contributed by atoms with E-state index in [1.165, 1.54) is 0 Å². The van der Waals surface area contributed by atoms with Crippen LogP contribution >= 0.6 is 15.9 Å². The quantitative estimate of drug-likeness (QED) is 0.747. The average Bonchev–Trinajstić information content (AvgIpc) is 2.25. The third-order valence-corrected chi connectivity index (χ3v) is 2.69. The van der Waals surface area contributed by atoms with E-state index in [-0.39, 0.29) is 5.91 Å². The molecule has 0 spiro atoms. The summed E-state index contributed by atoms with van der Waals surface area (Å²) in [7, 11) is 0. The third kappa shape index (κ3) is 1.75. The molecular formula is C10H11BrN2O. The first-order valence-corrected chi connectivity index (χ1v) is 5.30. The molecule has 0 aliphatic carbocycles. The van der Waals surface area contributed by atoms with Crippen molar-refractivity contribution in [1.82, 2.24) is 0 Å². The molecule has 0 saturated carbocycles. The molecule has 0 unspecified atom stereocenters. The molecule has 0 saturated heterocycles. The van der Waals surface area contributed by atoms with E-state index in [1.807, 2.05) is 19.1 Å². The van der Waals surface area contributed by atoms with Gasteiger partial charge in [0.15, 0.2) is 0 Å². The van der Waals surface area contributed by atoms with Gasteiger partial charge in [-0.1, -0.05) is 15.9 Å². The van der Waals surface area contributed by atoms with Gasteiger partial charge in [-0.25, -0.2) is 0 Å². The van der Waals surface area contributed by atoms with Crippen molar-refractivity contribution in [2.45, 2.75) is 13.3 Å². The molecule has 74 valence electrons. The number of anilines is 2. The van der Waals surface area contributed by atoms with E-state index in [1.54, 1.807) is 0 Å². The molecular weight excluding hydrogens is 244 g/mol. The SMILES string of the molecule is Cc1cc(Br)cc2c1NCCC(=O)N2. The van der Waals surface area contributed by atoms with Crippen molar-refractivity contribution < 1.29 is 4.79 Å². The fourth-order valence-electron chi connectivity index (χ4n) is 1.59.